The second-order valence-corrected chi connectivity index (χ2v) is 4.94. The van der Waals surface area contributed by atoms with Gasteiger partial charge in [0.25, 0.3) is 10.1 Å². The van der Waals surface area contributed by atoms with Gasteiger partial charge in [0, 0.05) is 10.8 Å². The Hall–Kier alpha value is -1.41. The maximum Gasteiger partial charge on any atom is 0.295 e. The van der Waals surface area contributed by atoms with E-state index in [-0.39, 0.29) is 57.6 Å². The third kappa shape index (κ3) is 2.95. The van der Waals surface area contributed by atoms with Gasteiger partial charge in [0.05, 0.1) is 11.4 Å². The van der Waals surface area contributed by atoms with Crippen molar-refractivity contribution in [1.82, 2.24) is 0 Å². The summed E-state index contributed by atoms with van der Waals surface area (Å²) >= 11 is 0. The molecule has 0 amide bonds. The molecule has 0 radical (unpaired) electrons. The number of halogens is 2. The minimum atomic E-state index is -4.43. The predicted octanol–water partition coefficient (Wildman–Crippen LogP) is 1.80. The fourth-order valence-electron chi connectivity index (χ4n) is 1.68. The lowest BCUT2D eigenvalue weighted by Crippen LogP contribution is -2.04. The van der Waals surface area contributed by atoms with Crippen LogP contribution in [-0.4, -0.2) is 18.1 Å². The van der Waals surface area contributed by atoms with E-state index in [0.29, 0.717) is 0 Å². The number of nitrogen functional groups attached to an aromatic ring is 2. The largest absolute Gasteiger partial charge is 0.507 e. The number of phenols is 1. The zero-order valence-corrected chi connectivity index (χ0v) is 11.8. The highest BCUT2D eigenvalue weighted by Crippen LogP contribution is 2.37. The molecule has 2 aromatic rings. The highest BCUT2D eigenvalue weighted by molar-refractivity contribution is 7.86. The van der Waals surface area contributed by atoms with E-state index in [9.17, 15) is 13.5 Å². The van der Waals surface area contributed by atoms with Gasteiger partial charge in [-0.3, -0.25) is 4.55 Å². The van der Waals surface area contributed by atoms with Gasteiger partial charge in [-0.05, 0) is 12.1 Å². The van der Waals surface area contributed by atoms with Gasteiger partial charge in [-0.1, -0.05) is 12.1 Å². The van der Waals surface area contributed by atoms with E-state index in [1.165, 1.54) is 18.2 Å². The van der Waals surface area contributed by atoms with Crippen LogP contribution in [0.4, 0.5) is 11.4 Å². The Morgan fingerprint density at radius 3 is 2.21 bits per heavy atom. The second-order valence-electron chi connectivity index (χ2n) is 3.55. The summed E-state index contributed by atoms with van der Waals surface area (Å²) in [7, 11) is -4.43. The topological polar surface area (TPSA) is 127 Å². The Morgan fingerprint density at radius 1 is 1.11 bits per heavy atom. The lowest BCUT2D eigenvalue weighted by Gasteiger charge is -2.10. The number of hydrogen-bond donors (Lipinski definition) is 4. The minimum Gasteiger partial charge on any atom is -0.507 e. The summed E-state index contributed by atoms with van der Waals surface area (Å²) in [5, 5.41) is 9.89. The van der Waals surface area contributed by atoms with Gasteiger partial charge in [-0.15, -0.1) is 24.8 Å². The van der Waals surface area contributed by atoms with Crippen LogP contribution in [0.3, 0.4) is 0 Å². The number of aromatic hydroxyl groups is 1. The predicted molar refractivity (Wildman–Crippen MR) is 78.7 cm³/mol. The van der Waals surface area contributed by atoms with E-state index in [0.717, 1.165) is 6.07 Å². The summed E-state index contributed by atoms with van der Waals surface area (Å²) < 4.78 is 31.5. The summed E-state index contributed by atoms with van der Waals surface area (Å²) in [6.07, 6.45) is 0. The zero-order valence-electron chi connectivity index (χ0n) is 9.40. The summed E-state index contributed by atoms with van der Waals surface area (Å²) in [5.41, 5.74) is 11.3. The van der Waals surface area contributed by atoms with Crippen molar-refractivity contribution in [3.63, 3.8) is 0 Å². The number of nitrogens with two attached hydrogens (primary N) is 2. The minimum absolute atomic E-state index is 0. The molecule has 0 aliphatic heterocycles. The van der Waals surface area contributed by atoms with Crippen molar-refractivity contribution < 1.29 is 18.1 Å². The number of anilines is 2. The molecule has 0 fully saturated rings. The highest BCUT2D eigenvalue weighted by Gasteiger charge is 2.19. The van der Waals surface area contributed by atoms with Gasteiger partial charge >= 0.3 is 0 Å². The number of hydrogen-bond acceptors (Lipinski definition) is 5. The monoisotopic (exact) mass is 326 g/mol. The van der Waals surface area contributed by atoms with Gasteiger partial charge in [0.1, 0.15) is 10.6 Å². The number of rotatable bonds is 1. The standard InChI is InChI=1S/C10H10N2O4S.2ClH/c11-6-4-8(17(14,15)16)5-2-1-3-7(13)9(5)10(6)12;;/h1-4,13H,11-12H2,(H,14,15,16);2*1H. The highest BCUT2D eigenvalue weighted by atomic mass is 35.5. The van der Waals surface area contributed by atoms with Gasteiger partial charge < -0.3 is 16.6 Å². The third-order valence-corrected chi connectivity index (χ3v) is 3.35. The van der Waals surface area contributed by atoms with Crippen molar-refractivity contribution in [2.75, 3.05) is 11.5 Å². The Balaban J connectivity index is 0.00000162. The molecule has 0 bridgehead atoms. The number of fused-ring (bicyclic) bond motifs is 1. The molecule has 0 aliphatic carbocycles. The average Bonchev–Trinajstić information content (AvgIpc) is 2.21. The first-order valence-electron chi connectivity index (χ1n) is 4.59. The molecule has 0 aromatic heterocycles. The molecule has 0 saturated carbocycles. The van der Waals surface area contributed by atoms with E-state index in [2.05, 4.69) is 0 Å². The van der Waals surface area contributed by atoms with Crippen molar-refractivity contribution in [3.05, 3.63) is 24.3 Å². The summed E-state index contributed by atoms with van der Waals surface area (Å²) in [4.78, 5) is -0.380. The molecule has 6 N–H and O–H groups in total. The van der Waals surface area contributed by atoms with E-state index in [1.54, 1.807) is 0 Å². The molecule has 0 atom stereocenters. The van der Waals surface area contributed by atoms with Crippen molar-refractivity contribution >= 4 is 57.1 Å². The molecule has 0 spiro atoms. The van der Waals surface area contributed by atoms with Crippen LogP contribution in [0.5, 0.6) is 5.75 Å². The van der Waals surface area contributed by atoms with Crippen LogP contribution < -0.4 is 11.5 Å². The Labute approximate surface area is 122 Å². The molecule has 0 saturated heterocycles. The number of benzene rings is 2. The van der Waals surface area contributed by atoms with Crippen molar-refractivity contribution in [2.45, 2.75) is 4.90 Å². The molecular formula is C10H12Cl2N2O4S. The molecule has 106 valence electrons. The molecule has 19 heavy (non-hydrogen) atoms. The van der Waals surface area contributed by atoms with Gasteiger partial charge in [0.2, 0.25) is 0 Å². The average molecular weight is 327 g/mol. The first-order valence-corrected chi connectivity index (χ1v) is 6.03. The molecule has 0 unspecified atom stereocenters. The molecule has 6 nitrogen and oxygen atoms in total. The fourth-order valence-corrected chi connectivity index (χ4v) is 2.41. The van der Waals surface area contributed by atoms with Gasteiger partial charge in [-0.2, -0.15) is 8.42 Å². The van der Waals surface area contributed by atoms with Crippen molar-refractivity contribution in [3.8, 4) is 5.75 Å². The smallest absolute Gasteiger partial charge is 0.295 e. The van der Waals surface area contributed by atoms with Crippen LogP contribution in [0, 0.1) is 0 Å². The Kier molecular flexibility index (Phi) is 5.28. The molecule has 0 aliphatic rings. The normalized spacial score (nSPS) is 10.6. The fraction of sp³-hybridized carbons (Fsp3) is 0. The Bertz CT molecular complexity index is 719. The van der Waals surface area contributed by atoms with E-state index < -0.39 is 10.1 Å². The lowest BCUT2D eigenvalue weighted by atomic mass is 10.1. The summed E-state index contributed by atoms with van der Waals surface area (Å²) in [5.74, 6) is -0.197. The van der Waals surface area contributed by atoms with Gasteiger partial charge in [-0.25, -0.2) is 0 Å². The van der Waals surface area contributed by atoms with Crippen LogP contribution in [0.1, 0.15) is 0 Å². The first-order chi connectivity index (χ1) is 7.82. The van der Waals surface area contributed by atoms with E-state index >= 15 is 0 Å². The summed E-state index contributed by atoms with van der Waals surface area (Å²) in [6, 6.07) is 5.29. The lowest BCUT2D eigenvalue weighted by molar-refractivity contribution is 0.481. The quantitative estimate of drug-likeness (QED) is 0.467. The molecule has 9 heteroatoms. The third-order valence-electron chi connectivity index (χ3n) is 2.45. The van der Waals surface area contributed by atoms with Crippen LogP contribution in [-0.2, 0) is 10.1 Å². The van der Waals surface area contributed by atoms with Crippen LogP contribution in [0.2, 0.25) is 0 Å². The molecule has 2 aromatic carbocycles. The first kappa shape index (κ1) is 17.6. The maximum atomic E-state index is 11.2. The molecular weight excluding hydrogens is 315 g/mol. The zero-order chi connectivity index (χ0) is 12.8. The van der Waals surface area contributed by atoms with E-state index in [4.69, 9.17) is 16.0 Å². The number of phenolic OH excluding ortho intramolecular Hbond substituents is 1. The molecule has 0 heterocycles. The van der Waals surface area contributed by atoms with Crippen molar-refractivity contribution in [1.29, 1.82) is 0 Å². The van der Waals surface area contributed by atoms with Crippen LogP contribution in [0.15, 0.2) is 29.2 Å². The summed E-state index contributed by atoms with van der Waals surface area (Å²) in [6.45, 7) is 0. The van der Waals surface area contributed by atoms with E-state index in [1.807, 2.05) is 0 Å². The van der Waals surface area contributed by atoms with Crippen molar-refractivity contribution in [2.24, 2.45) is 0 Å². The van der Waals surface area contributed by atoms with Crippen LogP contribution in [0.25, 0.3) is 10.8 Å². The maximum absolute atomic E-state index is 11.2. The van der Waals surface area contributed by atoms with Gasteiger partial charge in [0.15, 0.2) is 0 Å². The van der Waals surface area contributed by atoms with Crippen LogP contribution >= 0.6 is 24.8 Å². The Morgan fingerprint density at radius 2 is 1.68 bits per heavy atom. The SMILES string of the molecule is Cl.Cl.Nc1cc(S(=O)(=O)O)c2cccc(O)c2c1N. The molecule has 2 rings (SSSR count). The second kappa shape index (κ2) is 5.70.